The number of esters is 1. The van der Waals surface area contributed by atoms with Gasteiger partial charge in [0.1, 0.15) is 5.82 Å². The maximum atomic E-state index is 11.6. The Morgan fingerprint density at radius 2 is 2.37 bits per heavy atom. The summed E-state index contributed by atoms with van der Waals surface area (Å²) in [5.41, 5.74) is 2.14. The summed E-state index contributed by atoms with van der Waals surface area (Å²) in [7, 11) is 1.36. The standard InChI is InChI=1S/C13H13BrN2O3/c1-19-13(18)7-4-9(14)12-10(5-7)15-11-3-2-8(17)6-16(11)12/h4-5,8,17H,2-3,6H2,1H3/t8-/m1/s1. The van der Waals surface area contributed by atoms with Crippen LogP contribution in [0.3, 0.4) is 0 Å². The molecule has 1 aliphatic rings. The lowest BCUT2D eigenvalue weighted by Crippen LogP contribution is -2.24. The number of aliphatic hydroxyl groups excluding tert-OH is 1. The molecule has 0 fully saturated rings. The second-order valence-corrected chi connectivity index (χ2v) is 5.50. The molecule has 0 saturated heterocycles. The molecular formula is C13H13BrN2O3. The maximum absolute atomic E-state index is 11.6. The largest absolute Gasteiger partial charge is 0.465 e. The van der Waals surface area contributed by atoms with Gasteiger partial charge in [-0.15, -0.1) is 0 Å². The molecule has 0 bridgehead atoms. The molecule has 1 atom stereocenters. The van der Waals surface area contributed by atoms with Crippen LogP contribution in [-0.2, 0) is 17.7 Å². The fourth-order valence-corrected chi connectivity index (χ4v) is 3.15. The first-order chi connectivity index (χ1) is 9.10. The molecule has 0 radical (unpaired) electrons. The second-order valence-electron chi connectivity index (χ2n) is 4.65. The number of fused-ring (bicyclic) bond motifs is 3. The highest BCUT2D eigenvalue weighted by Gasteiger charge is 2.22. The third kappa shape index (κ3) is 2.04. The number of carbonyl (C=O) groups excluding carboxylic acids is 1. The van der Waals surface area contributed by atoms with Gasteiger partial charge in [0.15, 0.2) is 0 Å². The Kier molecular flexibility index (Phi) is 3.06. The lowest BCUT2D eigenvalue weighted by molar-refractivity contribution is 0.0601. The number of hydrogen-bond acceptors (Lipinski definition) is 4. The lowest BCUT2D eigenvalue weighted by Gasteiger charge is -2.20. The first-order valence-electron chi connectivity index (χ1n) is 6.05. The van der Waals surface area contributed by atoms with Crippen molar-refractivity contribution in [2.75, 3.05) is 7.11 Å². The Bertz CT molecular complexity index is 665. The van der Waals surface area contributed by atoms with Crippen LogP contribution < -0.4 is 0 Å². The summed E-state index contributed by atoms with van der Waals surface area (Å²) >= 11 is 3.47. The van der Waals surface area contributed by atoms with E-state index in [1.807, 2.05) is 4.57 Å². The van der Waals surface area contributed by atoms with E-state index in [-0.39, 0.29) is 12.1 Å². The molecule has 1 aromatic heterocycles. The normalized spacial score (nSPS) is 18.4. The van der Waals surface area contributed by atoms with Gasteiger partial charge in [0.2, 0.25) is 0 Å². The minimum atomic E-state index is -0.381. The molecule has 19 heavy (non-hydrogen) atoms. The predicted octanol–water partition coefficient (Wildman–Crippen LogP) is 1.89. The average molecular weight is 325 g/mol. The second kappa shape index (κ2) is 4.61. The maximum Gasteiger partial charge on any atom is 0.337 e. The number of methoxy groups -OCH3 is 1. The van der Waals surface area contributed by atoms with Crippen molar-refractivity contribution in [3.05, 3.63) is 28.0 Å². The number of hydrogen-bond donors (Lipinski definition) is 1. The number of ether oxygens (including phenoxy) is 1. The fourth-order valence-electron chi connectivity index (χ4n) is 2.49. The number of rotatable bonds is 1. The van der Waals surface area contributed by atoms with Crippen LogP contribution in [0.4, 0.5) is 0 Å². The van der Waals surface area contributed by atoms with Crippen molar-refractivity contribution in [1.29, 1.82) is 0 Å². The summed E-state index contributed by atoms with van der Waals surface area (Å²) < 4.78 is 7.52. The van der Waals surface area contributed by atoms with Gasteiger partial charge in [-0.25, -0.2) is 9.78 Å². The Hall–Kier alpha value is -1.40. The number of aryl methyl sites for hydroxylation is 1. The molecule has 1 aliphatic heterocycles. The Morgan fingerprint density at radius 3 is 3.11 bits per heavy atom. The zero-order chi connectivity index (χ0) is 13.6. The molecule has 6 heteroatoms. The fraction of sp³-hybridized carbons (Fsp3) is 0.385. The van der Waals surface area contributed by atoms with Crippen LogP contribution in [0.25, 0.3) is 11.0 Å². The summed E-state index contributed by atoms with van der Waals surface area (Å²) in [5.74, 6) is 0.566. The summed E-state index contributed by atoms with van der Waals surface area (Å²) in [5, 5.41) is 9.77. The lowest BCUT2D eigenvalue weighted by atomic mass is 10.1. The zero-order valence-electron chi connectivity index (χ0n) is 10.4. The van der Waals surface area contributed by atoms with E-state index in [1.54, 1.807) is 12.1 Å². The van der Waals surface area contributed by atoms with E-state index in [0.717, 1.165) is 34.2 Å². The van der Waals surface area contributed by atoms with Crippen LogP contribution in [0.2, 0.25) is 0 Å². The van der Waals surface area contributed by atoms with Gasteiger partial charge < -0.3 is 14.4 Å². The molecule has 0 amide bonds. The van der Waals surface area contributed by atoms with Crippen LogP contribution in [0.15, 0.2) is 16.6 Å². The van der Waals surface area contributed by atoms with E-state index in [4.69, 9.17) is 4.74 Å². The molecule has 2 aromatic rings. The van der Waals surface area contributed by atoms with Gasteiger partial charge in [0.05, 0.1) is 36.4 Å². The molecule has 1 aromatic carbocycles. The number of imidazole rings is 1. The topological polar surface area (TPSA) is 64.3 Å². The van der Waals surface area contributed by atoms with E-state index in [2.05, 4.69) is 20.9 Å². The summed E-state index contributed by atoms with van der Waals surface area (Å²) in [4.78, 5) is 16.1. The van der Waals surface area contributed by atoms with Gasteiger partial charge in [-0.3, -0.25) is 0 Å². The van der Waals surface area contributed by atoms with Crippen LogP contribution in [0.1, 0.15) is 22.6 Å². The third-order valence-electron chi connectivity index (χ3n) is 3.39. The number of nitrogens with zero attached hydrogens (tertiary/aromatic N) is 2. The van der Waals surface area contributed by atoms with Gasteiger partial charge in [-0.1, -0.05) is 0 Å². The highest BCUT2D eigenvalue weighted by molar-refractivity contribution is 9.10. The number of carbonyl (C=O) groups is 1. The molecule has 3 rings (SSSR count). The molecule has 5 nitrogen and oxygen atoms in total. The predicted molar refractivity (Wildman–Crippen MR) is 73.1 cm³/mol. The van der Waals surface area contributed by atoms with E-state index in [1.165, 1.54) is 7.11 Å². The van der Waals surface area contributed by atoms with Gasteiger partial charge in [0.25, 0.3) is 0 Å². The van der Waals surface area contributed by atoms with Crippen LogP contribution in [0, 0.1) is 0 Å². The molecule has 0 saturated carbocycles. The van der Waals surface area contributed by atoms with E-state index in [9.17, 15) is 9.90 Å². The van der Waals surface area contributed by atoms with Crippen LogP contribution >= 0.6 is 15.9 Å². The van der Waals surface area contributed by atoms with Crippen molar-refractivity contribution < 1.29 is 14.6 Å². The SMILES string of the molecule is COC(=O)c1cc(Br)c2c(c1)nc1n2C[C@H](O)CC1. The monoisotopic (exact) mass is 324 g/mol. The highest BCUT2D eigenvalue weighted by Crippen LogP contribution is 2.30. The minimum Gasteiger partial charge on any atom is -0.465 e. The van der Waals surface area contributed by atoms with Gasteiger partial charge in [-0.05, 0) is 34.5 Å². The van der Waals surface area contributed by atoms with Crippen molar-refractivity contribution in [2.45, 2.75) is 25.5 Å². The third-order valence-corrected chi connectivity index (χ3v) is 3.99. The Labute approximate surface area is 118 Å². The quantitative estimate of drug-likeness (QED) is 0.814. The smallest absolute Gasteiger partial charge is 0.337 e. The van der Waals surface area contributed by atoms with E-state index >= 15 is 0 Å². The van der Waals surface area contributed by atoms with E-state index < -0.39 is 0 Å². The zero-order valence-corrected chi connectivity index (χ0v) is 12.0. The van der Waals surface area contributed by atoms with Crippen molar-refractivity contribution in [2.24, 2.45) is 0 Å². The van der Waals surface area contributed by atoms with Crippen molar-refractivity contribution in [3.8, 4) is 0 Å². The summed E-state index contributed by atoms with van der Waals surface area (Å²) in [6.45, 7) is 0.544. The molecule has 2 heterocycles. The average Bonchev–Trinajstić information content (AvgIpc) is 2.75. The first-order valence-corrected chi connectivity index (χ1v) is 6.84. The molecule has 0 spiro atoms. The summed E-state index contributed by atoms with van der Waals surface area (Å²) in [6, 6.07) is 3.45. The highest BCUT2D eigenvalue weighted by atomic mass is 79.9. The van der Waals surface area contributed by atoms with Crippen molar-refractivity contribution in [1.82, 2.24) is 9.55 Å². The molecular weight excluding hydrogens is 312 g/mol. The Balaban J connectivity index is 2.20. The molecule has 100 valence electrons. The van der Waals surface area contributed by atoms with E-state index in [0.29, 0.717) is 12.1 Å². The number of aromatic nitrogens is 2. The Morgan fingerprint density at radius 1 is 1.58 bits per heavy atom. The molecule has 0 aliphatic carbocycles. The summed E-state index contributed by atoms with van der Waals surface area (Å²) in [6.07, 6.45) is 1.14. The molecule has 1 N–H and O–H groups in total. The minimum absolute atomic E-state index is 0.336. The van der Waals surface area contributed by atoms with Crippen molar-refractivity contribution >= 4 is 32.9 Å². The van der Waals surface area contributed by atoms with Gasteiger partial charge >= 0.3 is 5.97 Å². The number of benzene rings is 1. The first kappa shape index (κ1) is 12.6. The number of aliphatic hydroxyl groups is 1. The van der Waals surface area contributed by atoms with Gasteiger partial charge in [-0.2, -0.15) is 0 Å². The number of halogens is 1. The van der Waals surface area contributed by atoms with Crippen LogP contribution in [-0.4, -0.2) is 33.8 Å². The molecule has 0 unspecified atom stereocenters. The van der Waals surface area contributed by atoms with Gasteiger partial charge in [0, 0.05) is 10.9 Å². The van der Waals surface area contributed by atoms with Crippen LogP contribution in [0.5, 0.6) is 0 Å². The van der Waals surface area contributed by atoms with Crippen molar-refractivity contribution in [3.63, 3.8) is 0 Å².